The summed E-state index contributed by atoms with van der Waals surface area (Å²) < 4.78 is 10.6. The van der Waals surface area contributed by atoms with Crippen molar-refractivity contribution in [3.63, 3.8) is 0 Å². The minimum atomic E-state index is -0.582. The first-order valence-corrected chi connectivity index (χ1v) is 6.06. The maximum atomic E-state index is 12.4. The molecule has 0 bridgehead atoms. The van der Waals surface area contributed by atoms with E-state index in [0.29, 0.717) is 19.6 Å². The van der Waals surface area contributed by atoms with Crippen LogP contribution in [0.25, 0.3) is 0 Å². The summed E-state index contributed by atoms with van der Waals surface area (Å²) in [5, 5.41) is 0. The average molecular weight is 249 g/mol. The van der Waals surface area contributed by atoms with Crippen molar-refractivity contribution in [1.29, 1.82) is 0 Å². The zero-order valence-electron chi connectivity index (χ0n) is 10.8. The third kappa shape index (κ3) is 2.26. The minimum absolute atomic E-state index is 0.108. The topological polar surface area (TPSA) is 61.5 Å². The third-order valence-electron chi connectivity index (χ3n) is 3.70. The Kier molecular flexibility index (Phi) is 3.68. The van der Waals surface area contributed by atoms with Crippen LogP contribution in [0.2, 0.25) is 0 Å². The van der Waals surface area contributed by atoms with Crippen molar-refractivity contribution in [2.45, 2.75) is 19.4 Å². The second-order valence-electron chi connectivity index (χ2n) is 4.95. The predicted molar refractivity (Wildman–Crippen MR) is 68.6 cm³/mol. The van der Waals surface area contributed by atoms with Crippen molar-refractivity contribution in [2.24, 2.45) is 11.1 Å². The van der Waals surface area contributed by atoms with Gasteiger partial charge >= 0.3 is 0 Å². The van der Waals surface area contributed by atoms with Crippen molar-refractivity contribution in [1.82, 2.24) is 0 Å². The van der Waals surface area contributed by atoms with Gasteiger partial charge in [-0.05, 0) is 13.0 Å². The van der Waals surface area contributed by atoms with Crippen LogP contribution < -0.4 is 10.5 Å². The van der Waals surface area contributed by atoms with Gasteiger partial charge < -0.3 is 15.2 Å². The summed E-state index contributed by atoms with van der Waals surface area (Å²) >= 11 is 0. The fraction of sp³-hybridized carbons (Fsp3) is 0.500. The molecule has 18 heavy (non-hydrogen) atoms. The lowest BCUT2D eigenvalue weighted by molar-refractivity contribution is -0.127. The number of ketones is 1. The molecule has 1 heterocycles. The zero-order valence-corrected chi connectivity index (χ0v) is 10.8. The molecule has 0 spiro atoms. The Morgan fingerprint density at radius 2 is 2.28 bits per heavy atom. The van der Waals surface area contributed by atoms with Crippen LogP contribution in [0.5, 0.6) is 5.75 Å². The highest BCUT2D eigenvalue weighted by atomic mass is 16.5. The molecule has 4 nitrogen and oxygen atoms in total. The summed E-state index contributed by atoms with van der Waals surface area (Å²) in [6.45, 7) is 2.73. The standard InChI is InChI=1S/C14H19NO3/c1-14(9-18-8-12(14)15)13(16)7-10-5-3-4-6-11(10)17-2/h3-6,12H,7-9,15H2,1-2H3. The lowest BCUT2D eigenvalue weighted by Crippen LogP contribution is -2.45. The van der Waals surface area contributed by atoms with Gasteiger partial charge in [0.15, 0.2) is 0 Å². The summed E-state index contributed by atoms with van der Waals surface area (Å²) in [5.74, 6) is 0.846. The van der Waals surface area contributed by atoms with Crippen LogP contribution in [0.4, 0.5) is 0 Å². The number of para-hydroxylation sites is 1. The fourth-order valence-corrected chi connectivity index (χ4v) is 2.20. The highest BCUT2D eigenvalue weighted by Crippen LogP contribution is 2.30. The van der Waals surface area contributed by atoms with Crippen LogP contribution in [-0.4, -0.2) is 32.1 Å². The molecule has 4 heteroatoms. The molecule has 1 aromatic carbocycles. The average Bonchev–Trinajstić information content (AvgIpc) is 2.71. The number of Topliss-reactive ketones (excluding diaryl/α,β-unsaturated/α-hetero) is 1. The fourth-order valence-electron chi connectivity index (χ4n) is 2.20. The number of rotatable bonds is 4. The smallest absolute Gasteiger partial charge is 0.147 e. The maximum absolute atomic E-state index is 12.4. The molecule has 0 amide bonds. The summed E-state index contributed by atoms with van der Waals surface area (Å²) in [4.78, 5) is 12.4. The lowest BCUT2D eigenvalue weighted by atomic mass is 9.79. The molecule has 0 aromatic heterocycles. The van der Waals surface area contributed by atoms with Crippen molar-refractivity contribution in [3.05, 3.63) is 29.8 Å². The van der Waals surface area contributed by atoms with Gasteiger partial charge in [-0.3, -0.25) is 4.79 Å². The molecule has 2 atom stereocenters. The van der Waals surface area contributed by atoms with E-state index >= 15 is 0 Å². The van der Waals surface area contributed by atoms with E-state index < -0.39 is 5.41 Å². The third-order valence-corrected chi connectivity index (χ3v) is 3.70. The quantitative estimate of drug-likeness (QED) is 0.870. The number of hydrogen-bond acceptors (Lipinski definition) is 4. The molecule has 2 N–H and O–H groups in total. The van der Waals surface area contributed by atoms with Gasteiger partial charge in [0.25, 0.3) is 0 Å². The van der Waals surface area contributed by atoms with Gasteiger partial charge in [0.1, 0.15) is 11.5 Å². The van der Waals surface area contributed by atoms with Crippen LogP contribution in [0.1, 0.15) is 12.5 Å². The summed E-state index contributed by atoms with van der Waals surface area (Å²) in [6.07, 6.45) is 0.331. The molecule has 1 aliphatic rings. The molecular formula is C14H19NO3. The Morgan fingerprint density at radius 1 is 1.56 bits per heavy atom. The van der Waals surface area contributed by atoms with Gasteiger partial charge in [-0.1, -0.05) is 18.2 Å². The second kappa shape index (κ2) is 5.08. The Morgan fingerprint density at radius 3 is 2.89 bits per heavy atom. The monoisotopic (exact) mass is 249 g/mol. The largest absolute Gasteiger partial charge is 0.496 e. The van der Waals surface area contributed by atoms with E-state index in [4.69, 9.17) is 15.2 Å². The van der Waals surface area contributed by atoms with E-state index in [9.17, 15) is 4.79 Å². The number of carbonyl (C=O) groups excluding carboxylic acids is 1. The number of nitrogens with two attached hydrogens (primary N) is 1. The summed E-state index contributed by atoms with van der Waals surface area (Å²) in [5.41, 5.74) is 6.27. The molecule has 1 saturated heterocycles. The molecule has 1 aliphatic heterocycles. The first-order chi connectivity index (χ1) is 8.58. The van der Waals surface area contributed by atoms with Crippen molar-refractivity contribution in [3.8, 4) is 5.75 Å². The van der Waals surface area contributed by atoms with Crippen molar-refractivity contribution in [2.75, 3.05) is 20.3 Å². The molecular weight excluding hydrogens is 230 g/mol. The number of hydrogen-bond donors (Lipinski definition) is 1. The normalized spacial score (nSPS) is 27.2. The van der Waals surface area contributed by atoms with E-state index in [2.05, 4.69) is 0 Å². The van der Waals surface area contributed by atoms with Gasteiger partial charge in [-0.25, -0.2) is 0 Å². The van der Waals surface area contributed by atoms with Crippen LogP contribution in [0.3, 0.4) is 0 Å². The van der Waals surface area contributed by atoms with Gasteiger partial charge in [-0.15, -0.1) is 0 Å². The summed E-state index contributed by atoms with van der Waals surface area (Å²) in [6, 6.07) is 7.33. The van der Waals surface area contributed by atoms with E-state index in [0.717, 1.165) is 11.3 Å². The molecule has 2 unspecified atom stereocenters. The number of benzene rings is 1. The van der Waals surface area contributed by atoms with Gasteiger partial charge in [-0.2, -0.15) is 0 Å². The van der Waals surface area contributed by atoms with Crippen LogP contribution in [-0.2, 0) is 16.0 Å². The maximum Gasteiger partial charge on any atom is 0.147 e. The molecule has 2 rings (SSSR count). The molecule has 1 aromatic rings. The predicted octanol–water partition coefficient (Wildman–Crippen LogP) is 1.17. The van der Waals surface area contributed by atoms with E-state index in [1.165, 1.54) is 0 Å². The molecule has 98 valence electrons. The van der Waals surface area contributed by atoms with Crippen LogP contribution >= 0.6 is 0 Å². The Balaban J connectivity index is 2.16. The lowest BCUT2D eigenvalue weighted by Gasteiger charge is -2.25. The molecule has 1 fully saturated rings. The molecule has 0 aliphatic carbocycles. The SMILES string of the molecule is COc1ccccc1CC(=O)C1(C)COCC1N. The minimum Gasteiger partial charge on any atom is -0.496 e. The van der Waals surface area contributed by atoms with Crippen LogP contribution in [0.15, 0.2) is 24.3 Å². The van der Waals surface area contributed by atoms with Gasteiger partial charge in [0, 0.05) is 18.0 Å². The number of methoxy groups -OCH3 is 1. The number of carbonyl (C=O) groups is 1. The van der Waals surface area contributed by atoms with E-state index in [-0.39, 0.29) is 11.8 Å². The van der Waals surface area contributed by atoms with Crippen molar-refractivity contribution >= 4 is 5.78 Å². The Hall–Kier alpha value is -1.39. The summed E-state index contributed by atoms with van der Waals surface area (Å²) in [7, 11) is 1.61. The molecule has 0 radical (unpaired) electrons. The van der Waals surface area contributed by atoms with Gasteiger partial charge in [0.2, 0.25) is 0 Å². The van der Waals surface area contributed by atoms with Crippen LogP contribution in [0, 0.1) is 5.41 Å². The van der Waals surface area contributed by atoms with Crippen molar-refractivity contribution < 1.29 is 14.3 Å². The highest BCUT2D eigenvalue weighted by Gasteiger charge is 2.43. The first-order valence-electron chi connectivity index (χ1n) is 6.06. The highest BCUT2D eigenvalue weighted by molar-refractivity contribution is 5.88. The van der Waals surface area contributed by atoms with E-state index in [1.54, 1.807) is 7.11 Å². The second-order valence-corrected chi connectivity index (χ2v) is 4.95. The molecule has 0 saturated carbocycles. The Bertz CT molecular complexity index is 446. The first kappa shape index (κ1) is 13.1. The zero-order chi connectivity index (χ0) is 13.2. The Labute approximate surface area is 107 Å². The van der Waals surface area contributed by atoms with E-state index in [1.807, 2.05) is 31.2 Å². The van der Waals surface area contributed by atoms with Gasteiger partial charge in [0.05, 0.1) is 25.7 Å². The number of ether oxygens (including phenoxy) is 2.